The number of hydrogen-bond donors (Lipinski definition) is 16. The highest BCUT2D eigenvalue weighted by molar-refractivity contribution is 5.99. The van der Waals surface area contributed by atoms with Gasteiger partial charge < -0.3 is 99.5 Å². The minimum Gasteiger partial charge on any atom is -0.508 e. The Bertz CT molecular complexity index is 2610. The van der Waals surface area contributed by atoms with Gasteiger partial charge in [-0.05, 0) is 114 Å². The van der Waals surface area contributed by atoms with Gasteiger partial charge in [0, 0.05) is 45.3 Å². The number of nitrogens with two attached hydrogens (primary N) is 3. The summed E-state index contributed by atoms with van der Waals surface area (Å²) in [5.41, 5.74) is 17.8. The molecular formula is C55H82N12O17. The number of β-amino-alcohol motifs (C(OH)–C–C–N with tert-alkyl or cyclic N) is 2. The number of nitrogens with one attached hydrogen (secondary N) is 6. The molecule has 0 aromatic heterocycles. The summed E-state index contributed by atoms with van der Waals surface area (Å²) >= 11 is 0. The molecule has 3 heterocycles. The molecule has 0 radical (unpaired) electrons. The number of phenolic OH excluding ortho intramolecular Hbond substituents is 2. The number of aliphatic hydroxyl groups is 4. The highest BCUT2D eigenvalue weighted by atomic mass is 16.4. The van der Waals surface area contributed by atoms with Crippen LogP contribution in [-0.4, -0.2) is 228 Å². The van der Waals surface area contributed by atoms with Crippen LogP contribution >= 0.6 is 0 Å². The summed E-state index contributed by atoms with van der Waals surface area (Å²) in [5, 5.41) is 88.1. The summed E-state index contributed by atoms with van der Waals surface area (Å²) in [7, 11) is 0. The monoisotopic (exact) mass is 1180 g/mol. The maximum atomic E-state index is 14.8. The van der Waals surface area contributed by atoms with Crippen molar-refractivity contribution in [3.63, 3.8) is 0 Å². The smallest absolute Gasteiger partial charge is 0.326 e. The second-order valence-electron chi connectivity index (χ2n) is 21.6. The first-order valence-electron chi connectivity index (χ1n) is 28.2. The Balaban J connectivity index is 1.34. The molecule has 84 heavy (non-hydrogen) atoms. The van der Waals surface area contributed by atoms with Crippen LogP contribution in [0.2, 0.25) is 0 Å². The zero-order valence-corrected chi connectivity index (χ0v) is 47.1. The van der Waals surface area contributed by atoms with E-state index in [1.807, 2.05) is 0 Å². The molecule has 2 aromatic carbocycles. The van der Waals surface area contributed by atoms with Crippen LogP contribution in [0, 0.1) is 0 Å². The minimum absolute atomic E-state index is 0.00679. The van der Waals surface area contributed by atoms with Gasteiger partial charge in [-0.2, -0.15) is 0 Å². The van der Waals surface area contributed by atoms with Gasteiger partial charge >= 0.3 is 5.97 Å². The van der Waals surface area contributed by atoms with Crippen molar-refractivity contribution in [1.29, 1.82) is 0 Å². The van der Waals surface area contributed by atoms with E-state index in [0.717, 1.165) is 16.7 Å². The van der Waals surface area contributed by atoms with Crippen LogP contribution in [0.15, 0.2) is 48.5 Å². The molecule has 29 heteroatoms. The molecule has 0 aliphatic carbocycles. The van der Waals surface area contributed by atoms with Crippen LogP contribution < -0.4 is 49.1 Å². The van der Waals surface area contributed by atoms with Gasteiger partial charge in [0.05, 0.1) is 31.0 Å². The fourth-order valence-corrected chi connectivity index (χ4v) is 10.4. The zero-order valence-electron chi connectivity index (χ0n) is 47.1. The van der Waals surface area contributed by atoms with Gasteiger partial charge in [0.25, 0.3) is 0 Å². The summed E-state index contributed by atoms with van der Waals surface area (Å²) < 4.78 is 0. The largest absolute Gasteiger partial charge is 0.508 e. The van der Waals surface area contributed by atoms with E-state index in [2.05, 4.69) is 31.9 Å². The molecule has 13 atom stereocenters. The average Bonchev–Trinajstić information content (AvgIpc) is 3.94. The predicted molar refractivity (Wildman–Crippen MR) is 298 cm³/mol. The van der Waals surface area contributed by atoms with Crippen LogP contribution in [-0.2, 0) is 60.8 Å². The number of likely N-dealkylation sites (tertiary alicyclic amines) is 3. The number of carbonyl (C=O) groups excluding carboxylic acids is 9. The van der Waals surface area contributed by atoms with Gasteiger partial charge in [0.1, 0.15) is 65.9 Å². The van der Waals surface area contributed by atoms with E-state index in [4.69, 9.17) is 17.2 Å². The number of aromatic hydroxyl groups is 2. The van der Waals surface area contributed by atoms with E-state index in [1.54, 1.807) is 0 Å². The molecule has 0 spiro atoms. The lowest BCUT2D eigenvalue weighted by atomic mass is 10.0. The SMILES string of the molecule is C[C@H](N)C(=O)N[C@@H](CCCCN)C(=O)N1CCC[C@H]1C(=O)N[C@@H](CO)C(=O)N[C@@H](Cc1ccc(O)cc1)C(=O)N1C[C@H](O)C[C@H]1C(=O)N1C[C@H](O)C[C@H]1C(=O)N[C@H](C(=O)N[C@@H](Cc1ccc(O)cc1)C(=O)N[C@@H](CCCCN)C(=O)O)[C@H](C)O. The lowest BCUT2D eigenvalue weighted by Crippen LogP contribution is -2.61. The number of aliphatic hydroxyl groups excluding tert-OH is 4. The van der Waals surface area contributed by atoms with Gasteiger partial charge in [-0.3, -0.25) is 43.2 Å². The molecule has 5 rings (SSSR count). The Morgan fingerprint density at radius 1 is 0.571 bits per heavy atom. The third-order valence-corrected chi connectivity index (χ3v) is 15.0. The van der Waals surface area contributed by atoms with Crippen LogP contribution in [0.1, 0.15) is 89.2 Å². The summed E-state index contributed by atoms with van der Waals surface area (Å²) in [6.07, 6.45) is -3.10. The second kappa shape index (κ2) is 31.9. The van der Waals surface area contributed by atoms with Crippen molar-refractivity contribution in [2.45, 2.75) is 170 Å². The Kier molecular flexibility index (Phi) is 25.6. The second-order valence-corrected chi connectivity index (χ2v) is 21.6. The number of amides is 9. The third-order valence-electron chi connectivity index (χ3n) is 15.0. The highest BCUT2D eigenvalue weighted by Crippen LogP contribution is 2.28. The van der Waals surface area contributed by atoms with Gasteiger partial charge in [0.15, 0.2) is 0 Å². The quantitative estimate of drug-likeness (QED) is 0.0325. The molecule has 19 N–H and O–H groups in total. The summed E-state index contributed by atoms with van der Waals surface area (Å²) in [6.45, 7) is 1.39. The van der Waals surface area contributed by atoms with Crippen molar-refractivity contribution < 1.29 is 83.7 Å². The lowest BCUT2D eigenvalue weighted by molar-refractivity contribution is -0.148. The van der Waals surface area contributed by atoms with E-state index in [9.17, 15) is 83.7 Å². The maximum absolute atomic E-state index is 14.8. The number of unbranched alkanes of at least 4 members (excludes halogenated alkanes) is 2. The highest BCUT2D eigenvalue weighted by Gasteiger charge is 2.49. The van der Waals surface area contributed by atoms with E-state index in [1.165, 1.54) is 60.4 Å². The number of nitrogens with zero attached hydrogens (tertiary/aromatic N) is 3. The first-order valence-corrected chi connectivity index (χ1v) is 28.2. The first-order chi connectivity index (χ1) is 39.9. The third kappa shape index (κ3) is 18.7. The molecule has 3 aliphatic rings. The predicted octanol–water partition coefficient (Wildman–Crippen LogP) is -5.23. The minimum atomic E-state index is -1.83. The molecule has 3 fully saturated rings. The number of carboxylic acids is 1. The lowest BCUT2D eigenvalue weighted by Gasteiger charge is -2.33. The topological polar surface area (TPSA) is 472 Å². The molecule has 464 valence electrons. The number of carbonyl (C=O) groups is 10. The van der Waals surface area contributed by atoms with Crippen LogP contribution in [0.3, 0.4) is 0 Å². The fourth-order valence-electron chi connectivity index (χ4n) is 10.4. The Morgan fingerprint density at radius 3 is 1.58 bits per heavy atom. The number of rotatable bonds is 30. The van der Waals surface area contributed by atoms with Crippen LogP contribution in [0.5, 0.6) is 11.5 Å². The summed E-state index contributed by atoms with van der Waals surface area (Å²) in [4.78, 5) is 141. The van der Waals surface area contributed by atoms with Crippen molar-refractivity contribution in [2.75, 3.05) is 39.3 Å². The maximum Gasteiger partial charge on any atom is 0.326 e. The van der Waals surface area contributed by atoms with Crippen molar-refractivity contribution in [3.05, 3.63) is 59.7 Å². The Morgan fingerprint density at radius 2 is 1.05 bits per heavy atom. The molecule has 2 aromatic rings. The van der Waals surface area contributed by atoms with Crippen molar-refractivity contribution >= 4 is 59.1 Å². The number of benzene rings is 2. The molecule has 9 amide bonds. The normalized spacial score (nSPS) is 21.4. The van der Waals surface area contributed by atoms with Gasteiger partial charge in [-0.15, -0.1) is 0 Å². The van der Waals surface area contributed by atoms with Crippen molar-refractivity contribution in [2.24, 2.45) is 17.2 Å². The van der Waals surface area contributed by atoms with Crippen LogP contribution in [0.25, 0.3) is 0 Å². The molecule has 29 nitrogen and oxygen atoms in total. The molecule has 3 saturated heterocycles. The van der Waals surface area contributed by atoms with E-state index < -0.39 is 164 Å². The summed E-state index contributed by atoms with van der Waals surface area (Å²) in [6, 6.07) is -3.16. The Hall–Kier alpha value is -7.54. The molecule has 0 saturated carbocycles. The molecule has 3 aliphatic heterocycles. The van der Waals surface area contributed by atoms with Gasteiger partial charge in [0.2, 0.25) is 53.2 Å². The molecule has 0 unspecified atom stereocenters. The Labute approximate surface area is 485 Å². The molecule has 0 bridgehead atoms. The molecular weight excluding hydrogens is 1100 g/mol. The van der Waals surface area contributed by atoms with Crippen molar-refractivity contribution in [1.82, 2.24) is 46.6 Å². The number of carboxylic acid groups (broad SMARTS) is 1. The summed E-state index contributed by atoms with van der Waals surface area (Å²) in [5.74, 6) is -9.63. The standard InChI is InChI=1S/C55H82N12O17/c1-29(58)46(74)59-37(8-3-5-19-56)52(80)65-21-7-10-42(65)49(77)63-41(28-68)48(76)62-40(23-32-13-17-34(71)18-14-32)53(81)67-27-36(73)25-44(67)54(82)66-26-35(72)24-43(66)50(78)64-45(30(2)69)51(79)61-39(22-31-11-15-33(70)16-12-31)47(75)60-38(55(83)84)9-4-6-20-57/h11-18,29-30,35-45,68-73H,3-10,19-28,56-58H2,1-2H3,(H,59,74)(H,60,75)(H,61,79)(H,62,76)(H,63,77)(H,64,78)(H,83,84)/t29-,30-,35+,36+,37-,38-,39-,40-,41-,42-,43-,44-,45-/m0/s1. The average molecular weight is 1180 g/mol. The fraction of sp³-hybridized carbons (Fsp3) is 0.600. The van der Waals surface area contributed by atoms with E-state index >= 15 is 0 Å². The first kappa shape index (κ1) is 67.3. The van der Waals surface area contributed by atoms with Crippen molar-refractivity contribution in [3.8, 4) is 11.5 Å². The van der Waals surface area contributed by atoms with Gasteiger partial charge in [-0.25, -0.2) is 4.79 Å². The van der Waals surface area contributed by atoms with Crippen LogP contribution in [0.4, 0.5) is 0 Å². The van der Waals surface area contributed by atoms with Gasteiger partial charge in [-0.1, -0.05) is 24.3 Å². The number of hydrogen-bond acceptors (Lipinski definition) is 19. The number of phenols is 2. The zero-order chi connectivity index (χ0) is 61.9. The van der Waals surface area contributed by atoms with E-state index in [-0.39, 0.29) is 63.1 Å². The number of aliphatic carboxylic acids is 1. The van der Waals surface area contributed by atoms with E-state index in [0.29, 0.717) is 49.8 Å².